The Morgan fingerprint density at radius 3 is 3.00 bits per heavy atom. The third-order valence-electron chi connectivity index (χ3n) is 2.25. The first-order valence-corrected chi connectivity index (χ1v) is 7.50. The lowest BCUT2D eigenvalue weighted by Gasteiger charge is -2.04. The van der Waals surface area contributed by atoms with Crippen LogP contribution < -0.4 is 5.49 Å². The average molecular weight is 439 g/mol. The van der Waals surface area contributed by atoms with Crippen molar-refractivity contribution in [1.29, 1.82) is 0 Å². The van der Waals surface area contributed by atoms with Gasteiger partial charge in [0.2, 0.25) is 0 Å². The molecule has 0 radical (unpaired) electrons. The number of hydrogen-bond donors (Lipinski definition) is 0. The molecule has 2 rings (SSSR count). The molecule has 0 bridgehead atoms. The van der Waals surface area contributed by atoms with Crippen molar-refractivity contribution in [2.24, 2.45) is 12.0 Å². The van der Waals surface area contributed by atoms with Crippen molar-refractivity contribution in [1.82, 2.24) is 9.55 Å². The molecule has 0 saturated heterocycles. The Morgan fingerprint density at radius 2 is 2.25 bits per heavy atom. The zero-order valence-electron chi connectivity index (χ0n) is 8.82. The van der Waals surface area contributed by atoms with E-state index in [0.29, 0.717) is 0 Å². The second-order valence-electron chi connectivity index (χ2n) is 3.41. The van der Waals surface area contributed by atoms with Crippen LogP contribution in [0.2, 0.25) is 0 Å². The lowest BCUT2D eigenvalue weighted by molar-refractivity contribution is 0.803. The zero-order valence-corrected chi connectivity index (χ0v) is 13.1. The van der Waals surface area contributed by atoms with E-state index in [0.717, 1.165) is 27.4 Å². The van der Waals surface area contributed by atoms with Crippen LogP contribution in [0.1, 0.15) is 0 Å². The minimum absolute atomic E-state index is 0.846. The van der Waals surface area contributed by atoms with Crippen molar-refractivity contribution in [2.45, 2.75) is 0 Å². The molecule has 84 valence electrons. The molecule has 0 aliphatic heterocycles. The highest BCUT2D eigenvalue weighted by atomic mass is 127. The first kappa shape index (κ1) is 12.3. The van der Waals surface area contributed by atoms with E-state index < -0.39 is 0 Å². The van der Waals surface area contributed by atoms with E-state index in [1.165, 1.54) is 3.57 Å². The third kappa shape index (κ3) is 2.55. The first-order valence-electron chi connectivity index (χ1n) is 4.89. The standard InChI is InChI=1S/C11H11I2N3/c1-16-7-15-10-3-2-8(13)6-9(10)11(16)14-5-4-12/h2-3,6-7H,4-5H2,1H3/b14-11-. The van der Waals surface area contributed by atoms with Gasteiger partial charge in [0.05, 0.1) is 18.4 Å². The molecule has 1 heterocycles. The molecule has 0 saturated carbocycles. The SMILES string of the molecule is Cn1cnc2ccc(I)cc2/c1=N/CCI. The summed E-state index contributed by atoms with van der Waals surface area (Å²) >= 11 is 4.65. The summed E-state index contributed by atoms with van der Waals surface area (Å²) in [7, 11) is 1.98. The molecule has 0 N–H and O–H groups in total. The molecule has 0 amide bonds. The van der Waals surface area contributed by atoms with Crippen molar-refractivity contribution in [2.75, 3.05) is 11.0 Å². The second kappa shape index (κ2) is 5.44. The summed E-state index contributed by atoms with van der Waals surface area (Å²) < 4.78 is 4.22. The van der Waals surface area contributed by atoms with E-state index >= 15 is 0 Å². The van der Waals surface area contributed by atoms with Crippen LogP contribution in [0.25, 0.3) is 10.9 Å². The Labute approximate surface area is 121 Å². The van der Waals surface area contributed by atoms with E-state index in [-0.39, 0.29) is 0 Å². The molecule has 2 aromatic rings. The number of nitrogens with zero attached hydrogens (tertiary/aromatic N) is 3. The first-order chi connectivity index (χ1) is 7.72. The summed E-state index contributed by atoms with van der Waals surface area (Å²) in [5.41, 5.74) is 2.02. The highest BCUT2D eigenvalue weighted by molar-refractivity contribution is 14.1. The molecule has 0 aliphatic rings. The molecule has 0 fully saturated rings. The number of benzene rings is 1. The number of hydrogen-bond acceptors (Lipinski definition) is 2. The Balaban J connectivity index is 2.77. The fourth-order valence-corrected chi connectivity index (χ4v) is 2.27. The minimum Gasteiger partial charge on any atom is -0.320 e. The molecule has 1 aromatic heterocycles. The Morgan fingerprint density at radius 1 is 1.44 bits per heavy atom. The van der Waals surface area contributed by atoms with Crippen molar-refractivity contribution >= 4 is 56.1 Å². The summed E-state index contributed by atoms with van der Waals surface area (Å²) in [6.45, 7) is 0.846. The molecule has 0 spiro atoms. The van der Waals surface area contributed by atoms with E-state index in [9.17, 15) is 0 Å². The van der Waals surface area contributed by atoms with E-state index in [4.69, 9.17) is 0 Å². The van der Waals surface area contributed by atoms with Crippen molar-refractivity contribution in [3.63, 3.8) is 0 Å². The Kier molecular flexibility index (Phi) is 4.17. The summed E-state index contributed by atoms with van der Waals surface area (Å²) in [5, 5.41) is 1.13. The quantitative estimate of drug-likeness (QED) is 0.523. The van der Waals surface area contributed by atoms with Gasteiger partial charge >= 0.3 is 0 Å². The van der Waals surface area contributed by atoms with Crippen LogP contribution in [0.4, 0.5) is 0 Å². The van der Waals surface area contributed by atoms with Gasteiger partial charge in [0.15, 0.2) is 0 Å². The van der Waals surface area contributed by atoms with Crippen molar-refractivity contribution < 1.29 is 0 Å². The number of halogens is 2. The molecule has 0 unspecified atom stereocenters. The normalized spacial score (nSPS) is 12.3. The van der Waals surface area contributed by atoms with Crippen LogP contribution in [-0.4, -0.2) is 20.5 Å². The maximum absolute atomic E-state index is 4.61. The lowest BCUT2D eigenvalue weighted by atomic mass is 10.2. The fraction of sp³-hybridized carbons (Fsp3) is 0.273. The summed E-state index contributed by atoms with van der Waals surface area (Å²) in [6.07, 6.45) is 1.82. The Bertz CT molecular complexity index is 570. The van der Waals surface area contributed by atoms with Crippen molar-refractivity contribution in [3.8, 4) is 0 Å². The monoisotopic (exact) mass is 439 g/mol. The number of fused-ring (bicyclic) bond motifs is 1. The average Bonchev–Trinajstić information content (AvgIpc) is 2.28. The zero-order chi connectivity index (χ0) is 11.5. The van der Waals surface area contributed by atoms with Crippen LogP contribution in [-0.2, 0) is 7.05 Å². The number of aryl methyl sites for hydroxylation is 1. The fourth-order valence-electron chi connectivity index (χ4n) is 1.54. The molecule has 0 atom stereocenters. The third-order valence-corrected chi connectivity index (χ3v) is 3.40. The summed E-state index contributed by atoms with van der Waals surface area (Å²) in [4.78, 5) is 8.99. The highest BCUT2D eigenvalue weighted by Crippen LogP contribution is 2.11. The molecular formula is C11H11I2N3. The van der Waals surface area contributed by atoms with Gasteiger partial charge in [0.25, 0.3) is 0 Å². The topological polar surface area (TPSA) is 30.2 Å². The molecule has 0 aliphatic carbocycles. The predicted molar refractivity (Wildman–Crippen MR) is 82.7 cm³/mol. The van der Waals surface area contributed by atoms with Gasteiger partial charge in [-0.15, -0.1) is 0 Å². The van der Waals surface area contributed by atoms with Crippen LogP contribution in [0.5, 0.6) is 0 Å². The molecule has 3 nitrogen and oxygen atoms in total. The van der Waals surface area contributed by atoms with Crippen LogP contribution in [0, 0.1) is 3.57 Å². The van der Waals surface area contributed by atoms with Crippen LogP contribution >= 0.6 is 45.2 Å². The highest BCUT2D eigenvalue weighted by Gasteiger charge is 2.00. The van der Waals surface area contributed by atoms with E-state index in [1.54, 1.807) is 0 Å². The number of rotatable bonds is 2. The lowest BCUT2D eigenvalue weighted by Crippen LogP contribution is -2.20. The van der Waals surface area contributed by atoms with Gasteiger partial charge < -0.3 is 4.57 Å². The van der Waals surface area contributed by atoms with Gasteiger partial charge in [0.1, 0.15) is 5.49 Å². The van der Waals surface area contributed by atoms with Gasteiger partial charge in [0, 0.05) is 20.4 Å². The second-order valence-corrected chi connectivity index (χ2v) is 5.74. The van der Waals surface area contributed by atoms with Gasteiger partial charge in [-0.3, -0.25) is 4.99 Å². The predicted octanol–water partition coefficient (Wildman–Crippen LogP) is 2.51. The summed E-state index contributed by atoms with van der Waals surface area (Å²) in [6, 6.07) is 6.24. The van der Waals surface area contributed by atoms with Crippen molar-refractivity contribution in [3.05, 3.63) is 33.6 Å². The number of alkyl halides is 1. The van der Waals surface area contributed by atoms with Gasteiger partial charge in [-0.1, -0.05) is 22.6 Å². The Hall–Kier alpha value is -0.180. The number of aromatic nitrogens is 2. The molecular weight excluding hydrogens is 428 g/mol. The molecule has 16 heavy (non-hydrogen) atoms. The maximum Gasteiger partial charge on any atom is 0.138 e. The maximum atomic E-state index is 4.61. The van der Waals surface area contributed by atoms with Gasteiger partial charge in [-0.25, -0.2) is 4.98 Å². The van der Waals surface area contributed by atoms with Gasteiger partial charge in [-0.2, -0.15) is 0 Å². The van der Waals surface area contributed by atoms with Crippen LogP contribution in [0.3, 0.4) is 0 Å². The minimum atomic E-state index is 0.846. The molecule has 5 heteroatoms. The smallest absolute Gasteiger partial charge is 0.138 e. The van der Waals surface area contributed by atoms with Crippen LogP contribution in [0.15, 0.2) is 29.5 Å². The largest absolute Gasteiger partial charge is 0.320 e. The van der Waals surface area contributed by atoms with E-state index in [2.05, 4.69) is 67.3 Å². The van der Waals surface area contributed by atoms with Gasteiger partial charge in [-0.05, 0) is 40.8 Å². The summed E-state index contributed by atoms with van der Waals surface area (Å²) in [5.74, 6) is 0. The van der Waals surface area contributed by atoms with E-state index in [1.807, 2.05) is 24.0 Å². The molecule has 1 aromatic carbocycles.